The van der Waals surface area contributed by atoms with Crippen molar-refractivity contribution in [1.29, 1.82) is 0 Å². The summed E-state index contributed by atoms with van der Waals surface area (Å²) in [6, 6.07) is 14.4. The van der Waals surface area contributed by atoms with Gasteiger partial charge in [-0.3, -0.25) is 4.99 Å². The summed E-state index contributed by atoms with van der Waals surface area (Å²) in [4.78, 5) is 6.34. The largest absolute Gasteiger partial charge is 0.497 e. The van der Waals surface area contributed by atoms with Crippen LogP contribution in [0.1, 0.15) is 11.1 Å². The first-order valence-corrected chi connectivity index (χ1v) is 9.54. The Morgan fingerprint density at radius 1 is 1.19 bits per heavy atom. The molecule has 3 N–H and O–H groups in total. The van der Waals surface area contributed by atoms with Crippen LogP contribution in [0.3, 0.4) is 0 Å². The van der Waals surface area contributed by atoms with Crippen molar-refractivity contribution in [2.45, 2.75) is 18.0 Å². The van der Waals surface area contributed by atoms with Crippen molar-refractivity contribution in [3.05, 3.63) is 59.7 Å². The third-order valence-corrected chi connectivity index (χ3v) is 4.74. The van der Waals surface area contributed by atoms with E-state index in [0.717, 1.165) is 16.9 Å². The smallest absolute Gasteiger partial charge is 0.238 e. The summed E-state index contributed by atoms with van der Waals surface area (Å²) in [6.45, 7) is 1.10. The molecule has 2 rings (SSSR count). The summed E-state index contributed by atoms with van der Waals surface area (Å²) in [7, 11) is 1.56. The molecule has 7 nitrogen and oxygen atoms in total. The molecule has 0 unspecified atom stereocenters. The minimum atomic E-state index is -3.71. The van der Waals surface area contributed by atoms with E-state index in [1.54, 1.807) is 26.3 Å². The molecule has 0 heterocycles. The first kappa shape index (κ1) is 19.7. The number of nitrogens with one attached hydrogen (secondary N) is 1. The fourth-order valence-corrected chi connectivity index (χ4v) is 3.06. The van der Waals surface area contributed by atoms with E-state index in [-0.39, 0.29) is 4.90 Å². The van der Waals surface area contributed by atoms with E-state index in [1.165, 1.54) is 6.07 Å². The van der Waals surface area contributed by atoms with Gasteiger partial charge in [0.15, 0.2) is 5.96 Å². The second-order valence-corrected chi connectivity index (χ2v) is 7.36. The second-order valence-electron chi connectivity index (χ2n) is 5.80. The molecule has 0 aliphatic rings. The first-order valence-electron chi connectivity index (χ1n) is 8.00. The molecular formula is C18H24N4O3S. The van der Waals surface area contributed by atoms with Crippen LogP contribution in [0, 0.1) is 0 Å². The van der Waals surface area contributed by atoms with Crippen molar-refractivity contribution in [3.63, 3.8) is 0 Å². The topological polar surface area (TPSA) is 97.0 Å². The molecule has 0 fully saturated rings. The fourth-order valence-electron chi connectivity index (χ4n) is 2.48. The molecule has 0 aliphatic carbocycles. The lowest BCUT2D eigenvalue weighted by Gasteiger charge is -2.22. The van der Waals surface area contributed by atoms with Gasteiger partial charge in [0.05, 0.1) is 12.0 Å². The fraction of sp³-hybridized carbons (Fsp3) is 0.278. The maximum atomic E-state index is 11.5. The molecule has 0 amide bonds. The molecule has 0 saturated heterocycles. The Hall–Kier alpha value is -2.58. The molecule has 0 aliphatic heterocycles. The summed E-state index contributed by atoms with van der Waals surface area (Å²) in [5.74, 6) is 1.51. The van der Waals surface area contributed by atoms with E-state index in [9.17, 15) is 8.42 Å². The van der Waals surface area contributed by atoms with Gasteiger partial charge in [0.2, 0.25) is 10.0 Å². The number of ether oxygens (including phenoxy) is 1. The molecule has 2 aromatic carbocycles. The first-order chi connectivity index (χ1) is 12.3. The van der Waals surface area contributed by atoms with Gasteiger partial charge in [-0.15, -0.1) is 0 Å². The number of nitrogens with zero attached hydrogens (tertiary/aromatic N) is 2. The molecule has 0 radical (unpaired) electrons. The number of sulfonamides is 1. The van der Waals surface area contributed by atoms with E-state index in [1.807, 2.05) is 42.3 Å². The van der Waals surface area contributed by atoms with Crippen LogP contribution in [-0.2, 0) is 23.1 Å². The van der Waals surface area contributed by atoms with Crippen molar-refractivity contribution in [2.24, 2.45) is 10.1 Å². The Labute approximate surface area is 154 Å². The minimum Gasteiger partial charge on any atom is -0.497 e. The Kier molecular flexibility index (Phi) is 6.59. The monoisotopic (exact) mass is 376 g/mol. The van der Waals surface area contributed by atoms with Crippen molar-refractivity contribution in [2.75, 3.05) is 21.2 Å². The summed E-state index contributed by atoms with van der Waals surface area (Å²) >= 11 is 0. The predicted octanol–water partition coefficient (Wildman–Crippen LogP) is 1.55. The van der Waals surface area contributed by atoms with Crippen molar-refractivity contribution < 1.29 is 13.2 Å². The molecular weight excluding hydrogens is 352 g/mol. The van der Waals surface area contributed by atoms with Crippen LogP contribution in [-0.4, -0.2) is 40.5 Å². The van der Waals surface area contributed by atoms with E-state index < -0.39 is 10.0 Å². The number of nitrogens with two attached hydrogens (primary N) is 1. The summed E-state index contributed by atoms with van der Waals surface area (Å²) < 4.78 is 28.1. The van der Waals surface area contributed by atoms with E-state index in [4.69, 9.17) is 9.88 Å². The van der Waals surface area contributed by atoms with Gasteiger partial charge in [0, 0.05) is 27.2 Å². The number of rotatable bonds is 6. The normalized spacial score (nSPS) is 11.9. The van der Waals surface area contributed by atoms with Gasteiger partial charge in [0.1, 0.15) is 5.75 Å². The average molecular weight is 376 g/mol. The number of hydrogen-bond donors (Lipinski definition) is 2. The Balaban J connectivity index is 2.00. The lowest BCUT2D eigenvalue weighted by molar-refractivity contribution is 0.414. The number of aliphatic imine (C=N–C) groups is 1. The van der Waals surface area contributed by atoms with E-state index in [2.05, 4.69) is 10.3 Å². The molecule has 0 bridgehead atoms. The zero-order valence-corrected chi connectivity index (χ0v) is 16.0. The van der Waals surface area contributed by atoms with Crippen molar-refractivity contribution >= 4 is 16.0 Å². The van der Waals surface area contributed by atoms with E-state index in [0.29, 0.717) is 19.0 Å². The molecule has 2 aromatic rings. The number of guanidine groups is 1. The predicted molar refractivity (Wildman–Crippen MR) is 102 cm³/mol. The van der Waals surface area contributed by atoms with Crippen LogP contribution < -0.4 is 15.2 Å². The maximum Gasteiger partial charge on any atom is 0.238 e. The van der Waals surface area contributed by atoms with Gasteiger partial charge in [-0.25, -0.2) is 13.6 Å². The van der Waals surface area contributed by atoms with Gasteiger partial charge in [-0.1, -0.05) is 24.3 Å². The van der Waals surface area contributed by atoms with E-state index >= 15 is 0 Å². The van der Waals surface area contributed by atoms with Gasteiger partial charge in [0.25, 0.3) is 0 Å². The highest BCUT2D eigenvalue weighted by Crippen LogP contribution is 2.13. The molecule has 8 heteroatoms. The number of hydrogen-bond acceptors (Lipinski definition) is 4. The SMILES string of the molecule is CN=C(NCc1cccc(S(N)(=O)=O)c1)N(C)Cc1ccc(OC)cc1. The van der Waals surface area contributed by atoms with Crippen LogP contribution in [0.25, 0.3) is 0 Å². The average Bonchev–Trinajstić information content (AvgIpc) is 2.62. The van der Waals surface area contributed by atoms with Crippen LogP contribution >= 0.6 is 0 Å². The van der Waals surface area contributed by atoms with Crippen LogP contribution in [0.15, 0.2) is 58.4 Å². The maximum absolute atomic E-state index is 11.5. The number of primary sulfonamides is 1. The number of benzene rings is 2. The molecule has 0 spiro atoms. The van der Waals surface area contributed by atoms with Crippen LogP contribution in [0.5, 0.6) is 5.75 Å². The van der Waals surface area contributed by atoms with Crippen LogP contribution in [0.4, 0.5) is 0 Å². The highest BCUT2D eigenvalue weighted by molar-refractivity contribution is 7.89. The highest BCUT2D eigenvalue weighted by Gasteiger charge is 2.10. The van der Waals surface area contributed by atoms with Crippen LogP contribution in [0.2, 0.25) is 0 Å². The molecule has 0 saturated carbocycles. The standard InChI is InChI=1S/C18H24N4O3S/c1-20-18(22(2)13-14-7-9-16(25-3)10-8-14)21-12-15-5-4-6-17(11-15)26(19,23)24/h4-11H,12-13H2,1-3H3,(H,20,21)(H2,19,23,24). The molecule has 140 valence electrons. The summed E-state index contributed by atoms with van der Waals surface area (Å²) in [5.41, 5.74) is 1.92. The second kappa shape index (κ2) is 8.68. The Bertz CT molecular complexity index is 864. The zero-order valence-electron chi connectivity index (χ0n) is 15.1. The van der Waals surface area contributed by atoms with Crippen molar-refractivity contribution in [1.82, 2.24) is 10.2 Å². The van der Waals surface area contributed by atoms with Gasteiger partial charge >= 0.3 is 0 Å². The van der Waals surface area contributed by atoms with Gasteiger partial charge in [-0.2, -0.15) is 0 Å². The van der Waals surface area contributed by atoms with Gasteiger partial charge < -0.3 is 15.0 Å². The molecule has 0 aromatic heterocycles. The minimum absolute atomic E-state index is 0.0957. The summed E-state index contributed by atoms with van der Waals surface area (Å²) in [6.07, 6.45) is 0. The Morgan fingerprint density at radius 2 is 1.88 bits per heavy atom. The quantitative estimate of drug-likeness (QED) is 0.589. The van der Waals surface area contributed by atoms with Gasteiger partial charge in [-0.05, 0) is 35.4 Å². The van der Waals surface area contributed by atoms with Crippen molar-refractivity contribution in [3.8, 4) is 5.75 Å². The lowest BCUT2D eigenvalue weighted by Crippen LogP contribution is -2.38. The molecule has 0 atom stereocenters. The summed E-state index contributed by atoms with van der Waals surface area (Å²) in [5, 5.41) is 8.40. The third-order valence-electron chi connectivity index (χ3n) is 3.83. The highest BCUT2D eigenvalue weighted by atomic mass is 32.2. The zero-order chi connectivity index (χ0) is 19.2. The number of methoxy groups -OCH3 is 1. The Morgan fingerprint density at radius 3 is 2.46 bits per heavy atom. The lowest BCUT2D eigenvalue weighted by atomic mass is 10.2. The third kappa shape index (κ3) is 5.47. The molecule has 26 heavy (non-hydrogen) atoms.